The van der Waals surface area contributed by atoms with Crippen LogP contribution in [0.4, 0.5) is 0 Å². The molecule has 2 aromatic carbocycles. The molecule has 138 valence electrons. The Kier molecular flexibility index (Phi) is 5.12. The fraction of sp³-hybridized carbons (Fsp3) is 0.100. The molecule has 0 aliphatic carbocycles. The Morgan fingerprint density at radius 3 is 2.48 bits per heavy atom. The lowest BCUT2D eigenvalue weighted by atomic mass is 10.0. The quantitative estimate of drug-likeness (QED) is 0.429. The number of amides is 1. The van der Waals surface area contributed by atoms with E-state index < -0.39 is 17.9 Å². The molecule has 7 nitrogen and oxygen atoms in total. The van der Waals surface area contributed by atoms with Crippen molar-refractivity contribution in [2.75, 3.05) is 0 Å². The molecule has 3 aromatic rings. The molecule has 1 amide bonds. The maximum Gasteiger partial charge on any atom is 0.326 e. The largest absolute Gasteiger partial charge is 0.508 e. The summed E-state index contributed by atoms with van der Waals surface area (Å²) in [5.74, 6) is -1.50. The van der Waals surface area contributed by atoms with Crippen LogP contribution >= 0.6 is 0 Å². The second kappa shape index (κ2) is 7.65. The molecule has 3 rings (SSSR count). The zero-order chi connectivity index (χ0) is 19.4. The number of nitrogens with one attached hydrogen (secondary N) is 2. The third kappa shape index (κ3) is 4.46. The van der Waals surface area contributed by atoms with Crippen LogP contribution in [0.2, 0.25) is 0 Å². The summed E-state index contributed by atoms with van der Waals surface area (Å²) in [5.41, 5.74) is 2.14. The van der Waals surface area contributed by atoms with Gasteiger partial charge in [-0.15, -0.1) is 0 Å². The second-order valence-corrected chi connectivity index (χ2v) is 6.07. The van der Waals surface area contributed by atoms with Crippen molar-refractivity contribution in [3.8, 4) is 11.5 Å². The van der Waals surface area contributed by atoms with Crippen molar-refractivity contribution in [2.24, 2.45) is 0 Å². The highest BCUT2D eigenvalue weighted by molar-refractivity contribution is 5.94. The van der Waals surface area contributed by atoms with Crippen LogP contribution in [0.3, 0.4) is 0 Å². The first-order valence-corrected chi connectivity index (χ1v) is 8.22. The van der Waals surface area contributed by atoms with E-state index in [9.17, 15) is 24.9 Å². The van der Waals surface area contributed by atoms with Gasteiger partial charge in [-0.25, -0.2) is 4.79 Å². The van der Waals surface area contributed by atoms with E-state index in [-0.39, 0.29) is 17.9 Å². The van der Waals surface area contributed by atoms with Crippen LogP contribution in [0.5, 0.6) is 11.5 Å². The van der Waals surface area contributed by atoms with Crippen LogP contribution < -0.4 is 5.32 Å². The molecular formula is C20H18N2O5. The topological polar surface area (TPSA) is 123 Å². The smallest absolute Gasteiger partial charge is 0.326 e. The summed E-state index contributed by atoms with van der Waals surface area (Å²) in [7, 11) is 0. The summed E-state index contributed by atoms with van der Waals surface area (Å²) in [4.78, 5) is 26.6. The number of hydrogen-bond donors (Lipinski definition) is 5. The van der Waals surface area contributed by atoms with Gasteiger partial charge in [0.25, 0.3) is 0 Å². The van der Waals surface area contributed by atoms with Gasteiger partial charge in [0.2, 0.25) is 5.91 Å². The van der Waals surface area contributed by atoms with E-state index >= 15 is 0 Å². The first-order valence-electron chi connectivity index (χ1n) is 8.22. The van der Waals surface area contributed by atoms with Crippen molar-refractivity contribution in [2.45, 2.75) is 12.5 Å². The number of phenols is 2. The van der Waals surface area contributed by atoms with E-state index in [4.69, 9.17) is 0 Å². The molecule has 0 aliphatic heterocycles. The number of H-pyrrole nitrogens is 1. The molecule has 0 unspecified atom stereocenters. The maximum absolute atomic E-state index is 12.1. The maximum atomic E-state index is 12.1. The Morgan fingerprint density at radius 2 is 1.78 bits per heavy atom. The molecule has 1 heterocycles. The lowest BCUT2D eigenvalue weighted by Crippen LogP contribution is -2.41. The van der Waals surface area contributed by atoms with Crippen LogP contribution in [0, 0.1) is 0 Å². The van der Waals surface area contributed by atoms with Crippen LogP contribution in [0.1, 0.15) is 11.1 Å². The van der Waals surface area contributed by atoms with Crippen molar-refractivity contribution < 1.29 is 24.9 Å². The summed E-state index contributed by atoms with van der Waals surface area (Å²) < 4.78 is 0. The van der Waals surface area contributed by atoms with E-state index in [2.05, 4.69) is 10.3 Å². The van der Waals surface area contributed by atoms with Gasteiger partial charge >= 0.3 is 5.97 Å². The third-order valence-electron chi connectivity index (χ3n) is 4.11. The number of carbonyl (C=O) groups is 2. The summed E-state index contributed by atoms with van der Waals surface area (Å²) >= 11 is 0. The molecule has 0 radical (unpaired) electrons. The Labute approximate surface area is 154 Å². The standard InChI is InChI=1S/C20H18N2O5/c23-14-4-1-12(2-5-14)3-8-19(25)22-18(20(26)27)9-13-11-21-17-7-6-15(24)10-16(13)17/h1-8,10-11,18,21,23-24H,9H2,(H,22,25)(H,26,27)/b8-3+/t18-/m0/s1. The van der Waals surface area contributed by atoms with E-state index in [0.29, 0.717) is 16.5 Å². The molecule has 7 heteroatoms. The summed E-state index contributed by atoms with van der Waals surface area (Å²) in [5, 5.41) is 31.5. The normalized spacial score (nSPS) is 12.3. The molecular weight excluding hydrogens is 348 g/mol. The Hall–Kier alpha value is -3.74. The van der Waals surface area contributed by atoms with Crippen molar-refractivity contribution in [1.29, 1.82) is 0 Å². The average Bonchev–Trinajstić information content (AvgIpc) is 3.02. The number of aromatic nitrogens is 1. The number of benzene rings is 2. The minimum absolute atomic E-state index is 0.0670. The second-order valence-electron chi connectivity index (χ2n) is 6.07. The summed E-state index contributed by atoms with van der Waals surface area (Å²) in [6, 6.07) is 9.90. The summed E-state index contributed by atoms with van der Waals surface area (Å²) in [6.07, 6.45) is 4.50. The number of aromatic hydroxyl groups is 2. The number of rotatable bonds is 6. The molecule has 0 saturated carbocycles. The minimum Gasteiger partial charge on any atom is -0.508 e. The van der Waals surface area contributed by atoms with Crippen molar-refractivity contribution in [3.05, 3.63) is 65.9 Å². The van der Waals surface area contributed by atoms with Crippen molar-refractivity contribution in [3.63, 3.8) is 0 Å². The first-order chi connectivity index (χ1) is 12.9. The van der Waals surface area contributed by atoms with Gasteiger partial charge in [0.1, 0.15) is 17.5 Å². The van der Waals surface area contributed by atoms with Crippen LogP contribution in [0.25, 0.3) is 17.0 Å². The van der Waals surface area contributed by atoms with Gasteiger partial charge in [-0.1, -0.05) is 12.1 Å². The number of carbonyl (C=O) groups excluding carboxylic acids is 1. The van der Waals surface area contributed by atoms with Crippen LogP contribution in [-0.2, 0) is 16.0 Å². The van der Waals surface area contributed by atoms with Gasteiger partial charge in [-0.2, -0.15) is 0 Å². The van der Waals surface area contributed by atoms with E-state index in [1.807, 2.05) is 0 Å². The Balaban J connectivity index is 1.71. The highest BCUT2D eigenvalue weighted by Gasteiger charge is 2.21. The minimum atomic E-state index is -1.16. The number of aliphatic carboxylic acids is 1. The van der Waals surface area contributed by atoms with Gasteiger partial charge < -0.3 is 25.6 Å². The molecule has 0 spiro atoms. The lowest BCUT2D eigenvalue weighted by Gasteiger charge is -2.13. The molecule has 1 atom stereocenters. The number of carboxylic acid groups (broad SMARTS) is 1. The average molecular weight is 366 g/mol. The van der Waals surface area contributed by atoms with E-state index in [1.54, 1.807) is 30.5 Å². The van der Waals surface area contributed by atoms with Crippen molar-refractivity contribution in [1.82, 2.24) is 10.3 Å². The number of hydrogen-bond acceptors (Lipinski definition) is 4. The molecule has 1 aromatic heterocycles. The number of fused-ring (bicyclic) bond motifs is 1. The summed E-state index contributed by atoms with van der Waals surface area (Å²) in [6.45, 7) is 0. The molecule has 0 saturated heterocycles. The van der Waals surface area contributed by atoms with E-state index in [0.717, 1.165) is 5.52 Å². The number of aromatic amines is 1. The molecule has 5 N–H and O–H groups in total. The highest BCUT2D eigenvalue weighted by atomic mass is 16.4. The zero-order valence-corrected chi connectivity index (χ0v) is 14.2. The first kappa shape index (κ1) is 18.1. The fourth-order valence-electron chi connectivity index (χ4n) is 2.73. The predicted octanol–water partition coefficient (Wildman–Crippen LogP) is 2.40. The molecule has 0 fully saturated rings. The van der Waals surface area contributed by atoms with Gasteiger partial charge in [-0.3, -0.25) is 4.79 Å². The molecule has 27 heavy (non-hydrogen) atoms. The Bertz CT molecular complexity index is 1000. The third-order valence-corrected chi connectivity index (χ3v) is 4.11. The van der Waals surface area contributed by atoms with Gasteiger partial charge in [0.05, 0.1) is 0 Å². The lowest BCUT2D eigenvalue weighted by molar-refractivity contribution is -0.141. The number of phenolic OH excluding ortho intramolecular Hbond substituents is 2. The fourth-order valence-corrected chi connectivity index (χ4v) is 2.73. The zero-order valence-electron chi connectivity index (χ0n) is 14.2. The van der Waals surface area contributed by atoms with Crippen LogP contribution in [-0.4, -0.2) is 38.2 Å². The molecule has 0 bridgehead atoms. The molecule has 0 aliphatic rings. The predicted molar refractivity (Wildman–Crippen MR) is 100 cm³/mol. The van der Waals surface area contributed by atoms with Crippen molar-refractivity contribution >= 4 is 28.9 Å². The van der Waals surface area contributed by atoms with Gasteiger partial charge in [0.15, 0.2) is 0 Å². The highest BCUT2D eigenvalue weighted by Crippen LogP contribution is 2.24. The Morgan fingerprint density at radius 1 is 1.07 bits per heavy atom. The SMILES string of the molecule is O=C(/C=C/c1ccc(O)cc1)N[C@@H](Cc1c[nH]c2ccc(O)cc12)C(=O)O. The van der Waals surface area contributed by atoms with Gasteiger partial charge in [0, 0.05) is 29.6 Å². The number of carboxylic acids is 1. The van der Waals surface area contributed by atoms with Crippen LogP contribution in [0.15, 0.2) is 54.7 Å². The van der Waals surface area contributed by atoms with Gasteiger partial charge in [-0.05, 0) is 47.5 Å². The van der Waals surface area contributed by atoms with E-state index in [1.165, 1.54) is 30.4 Å². The monoisotopic (exact) mass is 366 g/mol.